The minimum absolute atomic E-state index is 0.00835. The zero-order valence-corrected chi connectivity index (χ0v) is 11.8. The maximum absolute atomic E-state index is 12.8. The molecule has 1 heterocycles. The molecule has 0 aromatic heterocycles. The largest absolute Gasteiger partial charge is 0.466 e. The maximum atomic E-state index is 12.8. The van der Waals surface area contributed by atoms with E-state index in [1.54, 1.807) is 0 Å². The van der Waals surface area contributed by atoms with Gasteiger partial charge in [-0.3, -0.25) is 4.79 Å². The molecule has 0 amide bonds. The lowest BCUT2D eigenvalue weighted by molar-refractivity contribution is -0.137. The number of fused-ring (bicyclic) bond motifs is 1. The van der Waals surface area contributed by atoms with Gasteiger partial charge in [0, 0.05) is 12.2 Å². The molecular weight excluding hydrogens is 283 g/mol. The van der Waals surface area contributed by atoms with Crippen molar-refractivity contribution in [1.82, 2.24) is 0 Å². The summed E-state index contributed by atoms with van der Waals surface area (Å²) in [5.74, 6) is 0. The van der Waals surface area contributed by atoms with Gasteiger partial charge in [-0.1, -0.05) is 6.92 Å². The number of ether oxygens (including phenoxy) is 1. The third kappa shape index (κ3) is 3.49. The molecule has 1 aliphatic heterocycles. The highest BCUT2D eigenvalue weighted by Gasteiger charge is 2.32. The summed E-state index contributed by atoms with van der Waals surface area (Å²) in [5.41, 5.74) is 0.913. The van der Waals surface area contributed by atoms with Crippen LogP contribution in [-0.2, 0) is 22.1 Å². The molecule has 1 atom stereocenters. The minimum Gasteiger partial charge on any atom is -0.466 e. The summed E-state index contributed by atoms with van der Waals surface area (Å²) in [6, 6.07) is 3.87. The van der Waals surface area contributed by atoms with Crippen molar-refractivity contribution in [3.05, 3.63) is 29.3 Å². The Bertz CT molecular complexity index is 502. The van der Waals surface area contributed by atoms with E-state index < -0.39 is 11.7 Å². The van der Waals surface area contributed by atoms with E-state index in [2.05, 4.69) is 0 Å². The Hall–Kier alpha value is -1.72. The molecule has 0 aliphatic carbocycles. The van der Waals surface area contributed by atoms with E-state index in [1.807, 2.05) is 11.8 Å². The molecule has 0 spiro atoms. The van der Waals surface area contributed by atoms with Gasteiger partial charge in [-0.15, -0.1) is 0 Å². The number of hydrogen-bond donors (Lipinski definition) is 0. The highest BCUT2D eigenvalue weighted by molar-refractivity contribution is 5.58. The molecule has 1 aliphatic rings. The Balaban J connectivity index is 2.28. The van der Waals surface area contributed by atoms with Crippen molar-refractivity contribution in [2.45, 2.75) is 38.4 Å². The Morgan fingerprint density at radius 3 is 2.81 bits per heavy atom. The van der Waals surface area contributed by atoms with Crippen LogP contribution in [0.3, 0.4) is 0 Å². The number of carbonyl (C=O) groups excluding carboxylic acids is 1. The summed E-state index contributed by atoms with van der Waals surface area (Å²) in [6.07, 6.45) is -2.12. The number of hydrogen-bond acceptors (Lipinski definition) is 3. The minimum atomic E-state index is -4.32. The van der Waals surface area contributed by atoms with Gasteiger partial charge < -0.3 is 9.64 Å². The smallest absolute Gasteiger partial charge is 0.416 e. The van der Waals surface area contributed by atoms with Gasteiger partial charge in [0.2, 0.25) is 0 Å². The Labute approximate surface area is 121 Å². The first-order valence-electron chi connectivity index (χ1n) is 6.99. The molecule has 1 unspecified atom stereocenters. The summed E-state index contributed by atoms with van der Waals surface area (Å²) < 4.78 is 43.2. The van der Waals surface area contributed by atoms with Crippen molar-refractivity contribution in [2.24, 2.45) is 0 Å². The Morgan fingerprint density at radius 1 is 1.43 bits per heavy atom. The van der Waals surface area contributed by atoms with Crippen molar-refractivity contribution >= 4 is 12.2 Å². The van der Waals surface area contributed by atoms with E-state index in [-0.39, 0.29) is 12.6 Å². The monoisotopic (exact) mass is 301 g/mol. The van der Waals surface area contributed by atoms with Gasteiger partial charge in [0.25, 0.3) is 6.47 Å². The van der Waals surface area contributed by atoms with E-state index in [0.717, 1.165) is 31.1 Å². The third-order valence-electron chi connectivity index (χ3n) is 3.83. The number of rotatable bonds is 5. The molecule has 0 bridgehead atoms. The van der Waals surface area contributed by atoms with Crippen LogP contribution in [0.1, 0.15) is 30.9 Å². The number of alkyl halides is 3. The zero-order valence-electron chi connectivity index (χ0n) is 11.8. The van der Waals surface area contributed by atoms with Crippen LogP contribution >= 0.6 is 0 Å². The lowest BCUT2D eigenvalue weighted by atomic mass is 9.97. The van der Waals surface area contributed by atoms with Gasteiger partial charge in [-0.25, -0.2) is 0 Å². The van der Waals surface area contributed by atoms with Gasteiger partial charge >= 0.3 is 6.18 Å². The van der Waals surface area contributed by atoms with Gasteiger partial charge in [0.15, 0.2) is 0 Å². The third-order valence-corrected chi connectivity index (χ3v) is 3.83. The fourth-order valence-corrected chi connectivity index (χ4v) is 2.76. The number of halogens is 3. The normalized spacial score (nSPS) is 16.3. The van der Waals surface area contributed by atoms with Crippen LogP contribution in [0.4, 0.5) is 18.9 Å². The SMILES string of the molecule is CCC(COC=O)N1CCCc2cc(C(F)(F)F)ccc21. The van der Waals surface area contributed by atoms with E-state index in [4.69, 9.17) is 4.74 Å². The number of benzene rings is 1. The van der Waals surface area contributed by atoms with Crippen LogP contribution in [0.15, 0.2) is 18.2 Å². The summed E-state index contributed by atoms with van der Waals surface area (Å²) in [4.78, 5) is 12.4. The van der Waals surface area contributed by atoms with E-state index in [0.29, 0.717) is 18.5 Å². The fourth-order valence-electron chi connectivity index (χ4n) is 2.76. The highest BCUT2D eigenvalue weighted by atomic mass is 19.4. The standard InChI is InChI=1S/C15H18F3NO2/c1-2-13(9-21-10-20)19-7-3-4-11-8-12(15(16,17)18)5-6-14(11)19/h5-6,8,10,13H,2-4,7,9H2,1H3. The molecule has 0 N–H and O–H groups in total. The Kier molecular flexibility index (Phi) is 4.75. The quantitative estimate of drug-likeness (QED) is 0.781. The van der Waals surface area contributed by atoms with Gasteiger partial charge in [0.05, 0.1) is 11.6 Å². The molecular formula is C15H18F3NO2. The fraction of sp³-hybridized carbons (Fsp3) is 0.533. The van der Waals surface area contributed by atoms with Crippen molar-refractivity contribution in [3.63, 3.8) is 0 Å². The van der Waals surface area contributed by atoms with Crippen LogP contribution in [0, 0.1) is 0 Å². The van der Waals surface area contributed by atoms with Gasteiger partial charge in [-0.2, -0.15) is 13.2 Å². The van der Waals surface area contributed by atoms with Crippen LogP contribution in [0.25, 0.3) is 0 Å². The summed E-state index contributed by atoms with van der Waals surface area (Å²) >= 11 is 0. The zero-order chi connectivity index (χ0) is 15.5. The number of aryl methyl sites for hydroxylation is 1. The second-order valence-corrected chi connectivity index (χ2v) is 5.13. The predicted octanol–water partition coefficient (Wildman–Crippen LogP) is 3.41. The number of nitrogens with zero attached hydrogens (tertiary/aromatic N) is 1. The molecule has 2 rings (SSSR count). The van der Waals surface area contributed by atoms with Crippen LogP contribution in [0.5, 0.6) is 0 Å². The topological polar surface area (TPSA) is 29.5 Å². The first-order valence-corrected chi connectivity index (χ1v) is 6.99. The predicted molar refractivity (Wildman–Crippen MR) is 73.2 cm³/mol. The number of carbonyl (C=O) groups is 1. The summed E-state index contributed by atoms with van der Waals surface area (Å²) in [5, 5.41) is 0. The van der Waals surface area contributed by atoms with Crippen molar-refractivity contribution in [1.29, 1.82) is 0 Å². The molecule has 3 nitrogen and oxygen atoms in total. The molecule has 1 aromatic rings. The summed E-state index contributed by atoms with van der Waals surface area (Å²) in [6.45, 7) is 3.39. The molecule has 0 fully saturated rings. The van der Waals surface area contributed by atoms with E-state index in [9.17, 15) is 18.0 Å². The first kappa shape index (κ1) is 15.7. The van der Waals surface area contributed by atoms with Crippen molar-refractivity contribution in [3.8, 4) is 0 Å². The second kappa shape index (κ2) is 6.37. The molecule has 0 saturated heterocycles. The van der Waals surface area contributed by atoms with E-state index in [1.165, 1.54) is 12.1 Å². The first-order chi connectivity index (χ1) is 9.97. The average molecular weight is 301 g/mol. The molecule has 116 valence electrons. The molecule has 0 saturated carbocycles. The second-order valence-electron chi connectivity index (χ2n) is 5.13. The average Bonchev–Trinajstić information content (AvgIpc) is 2.46. The lowest BCUT2D eigenvalue weighted by Crippen LogP contribution is -2.41. The number of anilines is 1. The van der Waals surface area contributed by atoms with Crippen LogP contribution in [-0.4, -0.2) is 25.7 Å². The molecule has 21 heavy (non-hydrogen) atoms. The van der Waals surface area contributed by atoms with Gasteiger partial charge in [0.1, 0.15) is 6.61 Å². The maximum Gasteiger partial charge on any atom is 0.416 e. The Morgan fingerprint density at radius 2 is 2.19 bits per heavy atom. The van der Waals surface area contributed by atoms with Crippen molar-refractivity contribution < 1.29 is 22.7 Å². The molecule has 6 heteroatoms. The molecule has 0 radical (unpaired) electrons. The van der Waals surface area contributed by atoms with E-state index >= 15 is 0 Å². The van der Waals surface area contributed by atoms with Crippen LogP contribution in [0.2, 0.25) is 0 Å². The molecule has 1 aromatic carbocycles. The van der Waals surface area contributed by atoms with Gasteiger partial charge in [-0.05, 0) is 43.0 Å². The van der Waals surface area contributed by atoms with Crippen LogP contribution < -0.4 is 4.90 Å². The van der Waals surface area contributed by atoms with Crippen molar-refractivity contribution in [2.75, 3.05) is 18.1 Å². The highest BCUT2D eigenvalue weighted by Crippen LogP contribution is 2.36. The lowest BCUT2D eigenvalue weighted by Gasteiger charge is -2.37. The summed E-state index contributed by atoms with van der Waals surface area (Å²) in [7, 11) is 0.